The van der Waals surface area contributed by atoms with Gasteiger partial charge in [0.2, 0.25) is 10.0 Å². The van der Waals surface area contributed by atoms with Gasteiger partial charge in [0, 0.05) is 18.7 Å². The predicted molar refractivity (Wildman–Crippen MR) is 75.2 cm³/mol. The highest BCUT2D eigenvalue weighted by molar-refractivity contribution is 7.89. The minimum atomic E-state index is -3.89. The molecule has 0 amide bonds. The predicted octanol–water partition coefficient (Wildman–Crippen LogP) is 1.78. The van der Waals surface area contributed by atoms with Crippen molar-refractivity contribution in [1.29, 1.82) is 0 Å². The standard InChI is InChI=1S/C13H12N2O5S/c16-12-6-1-2-7-13(12)21(19,20)14-9-10-4-3-5-11(8-10)15(17)18/h1-8,14,16H,9H2. The Bertz CT molecular complexity index is 774. The molecule has 0 unspecified atom stereocenters. The third-order valence-corrected chi connectivity index (χ3v) is 4.19. The van der Waals surface area contributed by atoms with Gasteiger partial charge >= 0.3 is 0 Å². The number of nitro benzene ring substituents is 1. The molecule has 7 nitrogen and oxygen atoms in total. The second-order valence-corrected chi connectivity index (χ2v) is 5.95. The number of hydrogen-bond donors (Lipinski definition) is 2. The minimum absolute atomic E-state index is 0.113. The molecule has 0 heterocycles. The molecule has 21 heavy (non-hydrogen) atoms. The van der Waals surface area contributed by atoms with E-state index in [0.29, 0.717) is 5.56 Å². The van der Waals surface area contributed by atoms with Gasteiger partial charge in [0.05, 0.1) is 4.92 Å². The summed E-state index contributed by atoms with van der Waals surface area (Å²) in [6.07, 6.45) is 0. The summed E-state index contributed by atoms with van der Waals surface area (Å²) < 4.78 is 26.4. The number of nitrogens with zero attached hydrogens (tertiary/aromatic N) is 1. The van der Waals surface area contributed by atoms with Crippen LogP contribution in [0.5, 0.6) is 5.75 Å². The summed E-state index contributed by atoms with van der Waals surface area (Å²) in [7, 11) is -3.89. The lowest BCUT2D eigenvalue weighted by molar-refractivity contribution is -0.384. The maximum Gasteiger partial charge on any atom is 0.269 e. The molecule has 0 saturated carbocycles. The lowest BCUT2D eigenvalue weighted by Crippen LogP contribution is -2.23. The topological polar surface area (TPSA) is 110 Å². The Balaban J connectivity index is 2.18. The first-order chi connectivity index (χ1) is 9.90. The number of nitro groups is 1. The van der Waals surface area contributed by atoms with E-state index in [1.807, 2.05) is 0 Å². The third-order valence-electron chi connectivity index (χ3n) is 2.74. The maximum absolute atomic E-state index is 12.0. The number of nitrogens with one attached hydrogen (secondary N) is 1. The maximum atomic E-state index is 12.0. The Morgan fingerprint density at radius 2 is 1.86 bits per heavy atom. The number of phenolic OH excluding ortho intramolecular Hbond substituents is 1. The number of sulfonamides is 1. The molecule has 2 rings (SSSR count). The van der Waals surface area contributed by atoms with Gasteiger partial charge < -0.3 is 5.11 Å². The van der Waals surface area contributed by atoms with Crippen molar-refractivity contribution < 1.29 is 18.4 Å². The van der Waals surface area contributed by atoms with E-state index < -0.39 is 14.9 Å². The van der Waals surface area contributed by atoms with Crippen molar-refractivity contribution in [2.75, 3.05) is 0 Å². The van der Waals surface area contributed by atoms with E-state index in [1.165, 1.54) is 42.5 Å². The number of rotatable bonds is 5. The molecule has 0 saturated heterocycles. The molecule has 2 aromatic rings. The monoisotopic (exact) mass is 308 g/mol. The van der Waals surface area contributed by atoms with Crippen LogP contribution in [-0.4, -0.2) is 18.4 Å². The van der Waals surface area contributed by atoms with Crippen LogP contribution in [0.4, 0.5) is 5.69 Å². The summed E-state index contributed by atoms with van der Waals surface area (Å²) >= 11 is 0. The SMILES string of the molecule is O=[N+]([O-])c1cccc(CNS(=O)(=O)c2ccccc2O)c1. The summed E-state index contributed by atoms with van der Waals surface area (Å²) in [5.41, 5.74) is 0.331. The van der Waals surface area contributed by atoms with Crippen LogP contribution in [0.1, 0.15) is 5.56 Å². The van der Waals surface area contributed by atoms with E-state index in [1.54, 1.807) is 6.07 Å². The summed E-state index contributed by atoms with van der Waals surface area (Å²) in [6, 6.07) is 11.2. The Morgan fingerprint density at radius 1 is 1.14 bits per heavy atom. The molecular weight excluding hydrogens is 296 g/mol. The second-order valence-electron chi connectivity index (χ2n) is 4.22. The summed E-state index contributed by atoms with van der Waals surface area (Å²) in [6.45, 7) is -0.113. The van der Waals surface area contributed by atoms with Crippen molar-refractivity contribution in [1.82, 2.24) is 4.72 Å². The number of hydrogen-bond acceptors (Lipinski definition) is 5. The van der Waals surface area contributed by atoms with Crippen LogP contribution in [0, 0.1) is 10.1 Å². The fourth-order valence-electron chi connectivity index (χ4n) is 1.72. The van der Waals surface area contributed by atoms with Gasteiger partial charge in [-0.1, -0.05) is 24.3 Å². The van der Waals surface area contributed by atoms with Crippen molar-refractivity contribution in [3.8, 4) is 5.75 Å². The highest BCUT2D eigenvalue weighted by Crippen LogP contribution is 2.21. The first kappa shape index (κ1) is 14.9. The second kappa shape index (κ2) is 5.90. The highest BCUT2D eigenvalue weighted by atomic mass is 32.2. The van der Waals surface area contributed by atoms with Gasteiger partial charge in [0.25, 0.3) is 5.69 Å². The molecule has 0 aliphatic carbocycles. The number of para-hydroxylation sites is 1. The molecule has 0 aliphatic heterocycles. The molecule has 110 valence electrons. The molecule has 0 fully saturated rings. The van der Waals surface area contributed by atoms with Crippen LogP contribution in [0.2, 0.25) is 0 Å². The molecule has 0 atom stereocenters. The zero-order valence-corrected chi connectivity index (χ0v) is 11.6. The van der Waals surface area contributed by atoms with Crippen LogP contribution in [-0.2, 0) is 16.6 Å². The van der Waals surface area contributed by atoms with Gasteiger partial charge in [-0.05, 0) is 17.7 Å². The molecule has 0 aromatic heterocycles. The number of aromatic hydroxyl groups is 1. The zero-order chi connectivity index (χ0) is 15.5. The zero-order valence-electron chi connectivity index (χ0n) is 10.8. The fourth-order valence-corrected chi connectivity index (χ4v) is 2.83. The van der Waals surface area contributed by atoms with Crippen molar-refractivity contribution in [2.45, 2.75) is 11.4 Å². The minimum Gasteiger partial charge on any atom is -0.507 e. The normalized spacial score (nSPS) is 11.2. The number of non-ortho nitro benzene ring substituents is 1. The molecule has 0 radical (unpaired) electrons. The first-order valence-electron chi connectivity index (χ1n) is 5.91. The largest absolute Gasteiger partial charge is 0.507 e. The molecule has 2 N–H and O–H groups in total. The lowest BCUT2D eigenvalue weighted by Gasteiger charge is -2.08. The molecule has 2 aromatic carbocycles. The highest BCUT2D eigenvalue weighted by Gasteiger charge is 2.18. The molecule has 0 bridgehead atoms. The van der Waals surface area contributed by atoms with Gasteiger partial charge in [0.1, 0.15) is 10.6 Å². The molecule has 0 spiro atoms. The Morgan fingerprint density at radius 3 is 2.52 bits per heavy atom. The Labute approximate surface area is 121 Å². The van der Waals surface area contributed by atoms with Crippen molar-refractivity contribution >= 4 is 15.7 Å². The lowest BCUT2D eigenvalue weighted by atomic mass is 10.2. The van der Waals surface area contributed by atoms with Crippen molar-refractivity contribution in [3.63, 3.8) is 0 Å². The fraction of sp³-hybridized carbons (Fsp3) is 0.0769. The van der Waals surface area contributed by atoms with Gasteiger partial charge in [-0.25, -0.2) is 13.1 Å². The van der Waals surface area contributed by atoms with Crippen LogP contribution in [0.3, 0.4) is 0 Å². The van der Waals surface area contributed by atoms with Gasteiger partial charge in [-0.3, -0.25) is 10.1 Å². The molecular formula is C13H12N2O5S. The Hall–Kier alpha value is -2.45. The summed E-state index contributed by atoms with van der Waals surface area (Å²) in [4.78, 5) is 9.86. The first-order valence-corrected chi connectivity index (χ1v) is 7.39. The van der Waals surface area contributed by atoms with Gasteiger partial charge in [0.15, 0.2) is 0 Å². The third kappa shape index (κ3) is 3.56. The van der Waals surface area contributed by atoms with Crippen LogP contribution in [0.25, 0.3) is 0 Å². The van der Waals surface area contributed by atoms with E-state index in [2.05, 4.69) is 4.72 Å². The van der Waals surface area contributed by atoms with E-state index >= 15 is 0 Å². The van der Waals surface area contributed by atoms with E-state index in [9.17, 15) is 23.6 Å². The van der Waals surface area contributed by atoms with Crippen LogP contribution < -0.4 is 4.72 Å². The van der Waals surface area contributed by atoms with Crippen LogP contribution >= 0.6 is 0 Å². The van der Waals surface area contributed by atoms with Gasteiger partial charge in [-0.2, -0.15) is 0 Å². The summed E-state index contributed by atoms with van der Waals surface area (Å²) in [5.74, 6) is -0.357. The Kier molecular flexibility index (Phi) is 4.20. The average molecular weight is 308 g/mol. The number of phenols is 1. The van der Waals surface area contributed by atoms with Gasteiger partial charge in [-0.15, -0.1) is 0 Å². The molecule has 8 heteroatoms. The van der Waals surface area contributed by atoms with E-state index in [4.69, 9.17) is 0 Å². The van der Waals surface area contributed by atoms with E-state index in [0.717, 1.165) is 0 Å². The quantitative estimate of drug-likeness (QED) is 0.646. The van der Waals surface area contributed by atoms with Crippen LogP contribution in [0.15, 0.2) is 53.4 Å². The molecule has 0 aliphatic rings. The number of benzene rings is 2. The van der Waals surface area contributed by atoms with Crippen molar-refractivity contribution in [3.05, 3.63) is 64.2 Å². The average Bonchev–Trinajstić information content (AvgIpc) is 2.46. The van der Waals surface area contributed by atoms with E-state index in [-0.39, 0.29) is 22.9 Å². The van der Waals surface area contributed by atoms with Crippen molar-refractivity contribution in [2.24, 2.45) is 0 Å². The summed E-state index contributed by atoms with van der Waals surface area (Å²) in [5, 5.41) is 20.2. The smallest absolute Gasteiger partial charge is 0.269 e.